The molecule has 0 bridgehead atoms. The first-order chi connectivity index (χ1) is 11.1. The predicted octanol–water partition coefficient (Wildman–Crippen LogP) is 3.26. The van der Waals surface area contributed by atoms with E-state index in [1.54, 1.807) is 12.3 Å². The quantitative estimate of drug-likeness (QED) is 0.704. The Morgan fingerprint density at radius 3 is 3.04 bits per heavy atom. The van der Waals surface area contributed by atoms with Crippen LogP contribution in [0.25, 0.3) is 21.8 Å². The van der Waals surface area contributed by atoms with Crippen LogP contribution in [0.15, 0.2) is 29.4 Å². The van der Waals surface area contributed by atoms with Gasteiger partial charge in [0.2, 0.25) is 5.91 Å². The number of amides is 1. The average Bonchev–Trinajstić information content (AvgIpc) is 2.91. The zero-order chi connectivity index (χ0) is 16.4. The lowest BCUT2D eigenvalue weighted by atomic mass is 10.2. The van der Waals surface area contributed by atoms with Crippen LogP contribution in [0.1, 0.15) is 20.3 Å². The van der Waals surface area contributed by atoms with E-state index >= 15 is 0 Å². The van der Waals surface area contributed by atoms with Crippen LogP contribution >= 0.6 is 11.8 Å². The fourth-order valence-corrected chi connectivity index (χ4v) is 3.09. The Hall–Kier alpha value is -2.15. The summed E-state index contributed by atoms with van der Waals surface area (Å²) in [6.45, 7) is 3.99. The van der Waals surface area contributed by atoms with Crippen LogP contribution < -0.4 is 5.32 Å². The SMILES string of the molecule is CCC(C)NC(=O)CSc1nncc2c1[nH]c1ccc(F)cc12. The minimum Gasteiger partial charge on any atom is -0.353 e. The molecule has 23 heavy (non-hydrogen) atoms. The number of fused-ring (bicyclic) bond motifs is 3. The van der Waals surface area contributed by atoms with Gasteiger partial charge in [-0.05, 0) is 31.5 Å². The third-order valence-corrected chi connectivity index (χ3v) is 4.68. The average molecular weight is 332 g/mol. The minimum atomic E-state index is -0.294. The van der Waals surface area contributed by atoms with E-state index in [0.717, 1.165) is 28.2 Å². The number of benzene rings is 1. The van der Waals surface area contributed by atoms with Gasteiger partial charge in [0, 0.05) is 22.3 Å². The molecule has 1 aromatic carbocycles. The van der Waals surface area contributed by atoms with Gasteiger partial charge in [-0.3, -0.25) is 4.79 Å². The molecule has 0 aliphatic carbocycles. The van der Waals surface area contributed by atoms with Crippen LogP contribution in [0.3, 0.4) is 0 Å². The highest BCUT2D eigenvalue weighted by atomic mass is 32.2. The summed E-state index contributed by atoms with van der Waals surface area (Å²) < 4.78 is 13.4. The fourth-order valence-electron chi connectivity index (χ4n) is 2.33. The number of halogens is 1. The molecule has 0 fully saturated rings. The third-order valence-electron chi connectivity index (χ3n) is 3.71. The number of thioether (sulfide) groups is 1. The van der Waals surface area contributed by atoms with Crippen LogP contribution in [0.5, 0.6) is 0 Å². The highest BCUT2D eigenvalue weighted by molar-refractivity contribution is 8.00. The van der Waals surface area contributed by atoms with Crippen molar-refractivity contribution >= 4 is 39.5 Å². The Kier molecular flexibility index (Phi) is 4.47. The van der Waals surface area contributed by atoms with Gasteiger partial charge in [0.25, 0.3) is 0 Å². The maximum Gasteiger partial charge on any atom is 0.230 e. The molecular formula is C16H17FN4OS. The van der Waals surface area contributed by atoms with Crippen LogP contribution in [0.2, 0.25) is 0 Å². The normalized spacial score (nSPS) is 12.7. The van der Waals surface area contributed by atoms with Crippen LogP contribution in [0.4, 0.5) is 4.39 Å². The lowest BCUT2D eigenvalue weighted by Crippen LogP contribution is -2.33. The Balaban J connectivity index is 1.87. The first kappa shape index (κ1) is 15.7. The van der Waals surface area contributed by atoms with Gasteiger partial charge < -0.3 is 10.3 Å². The standard InChI is InChI=1S/C16H17FN4OS/c1-3-9(2)19-14(22)8-23-16-15-12(7-18-21-16)11-6-10(17)4-5-13(11)20-15/h4-7,9,20H,3,8H2,1-2H3,(H,19,22). The Morgan fingerprint density at radius 2 is 2.26 bits per heavy atom. The minimum absolute atomic E-state index is 0.0368. The molecule has 120 valence electrons. The van der Waals surface area contributed by atoms with Crippen LogP contribution in [0, 0.1) is 5.82 Å². The van der Waals surface area contributed by atoms with E-state index < -0.39 is 0 Å². The van der Waals surface area contributed by atoms with Crippen LogP contribution in [-0.4, -0.2) is 32.9 Å². The van der Waals surface area contributed by atoms with E-state index in [1.165, 1.54) is 23.9 Å². The second kappa shape index (κ2) is 6.54. The van der Waals surface area contributed by atoms with Crippen molar-refractivity contribution in [3.63, 3.8) is 0 Å². The first-order valence-electron chi connectivity index (χ1n) is 7.43. The number of carbonyl (C=O) groups excluding carboxylic acids is 1. The summed E-state index contributed by atoms with van der Waals surface area (Å²) in [6.07, 6.45) is 2.50. The Bertz CT molecular complexity index is 864. The third kappa shape index (κ3) is 3.29. The summed E-state index contributed by atoms with van der Waals surface area (Å²) >= 11 is 1.32. The van der Waals surface area contributed by atoms with Crippen LogP contribution in [-0.2, 0) is 4.79 Å². The number of hydrogen-bond acceptors (Lipinski definition) is 4. The van der Waals surface area contributed by atoms with Gasteiger partial charge in [-0.25, -0.2) is 4.39 Å². The fraction of sp³-hybridized carbons (Fsp3) is 0.312. The van der Waals surface area contributed by atoms with Gasteiger partial charge in [0.1, 0.15) is 10.8 Å². The van der Waals surface area contributed by atoms with Crippen molar-refractivity contribution in [3.05, 3.63) is 30.2 Å². The second-order valence-corrected chi connectivity index (χ2v) is 6.38. The molecule has 2 heterocycles. The summed E-state index contributed by atoms with van der Waals surface area (Å²) in [5, 5.41) is 13.2. The summed E-state index contributed by atoms with van der Waals surface area (Å²) in [4.78, 5) is 15.1. The number of carbonyl (C=O) groups is 1. The molecule has 7 heteroatoms. The van der Waals surface area contributed by atoms with Crippen molar-refractivity contribution in [2.75, 3.05) is 5.75 Å². The molecule has 3 aromatic rings. The highest BCUT2D eigenvalue weighted by Gasteiger charge is 2.13. The highest BCUT2D eigenvalue weighted by Crippen LogP contribution is 2.30. The van der Waals surface area contributed by atoms with Gasteiger partial charge >= 0.3 is 0 Å². The monoisotopic (exact) mass is 332 g/mol. The number of aromatic amines is 1. The number of nitrogens with zero attached hydrogens (tertiary/aromatic N) is 2. The Labute approximate surface area is 137 Å². The number of hydrogen-bond donors (Lipinski definition) is 2. The van der Waals surface area contributed by atoms with Crippen molar-refractivity contribution in [1.82, 2.24) is 20.5 Å². The molecule has 2 N–H and O–H groups in total. The lowest BCUT2D eigenvalue weighted by molar-refractivity contribution is -0.119. The largest absolute Gasteiger partial charge is 0.353 e. The van der Waals surface area contributed by atoms with Gasteiger partial charge in [-0.15, -0.1) is 5.10 Å². The van der Waals surface area contributed by atoms with Gasteiger partial charge in [0.15, 0.2) is 0 Å². The molecule has 0 saturated carbocycles. The predicted molar refractivity (Wildman–Crippen MR) is 90.0 cm³/mol. The molecule has 1 atom stereocenters. The number of nitrogens with one attached hydrogen (secondary N) is 2. The molecule has 5 nitrogen and oxygen atoms in total. The van der Waals surface area contributed by atoms with E-state index in [4.69, 9.17) is 0 Å². The summed E-state index contributed by atoms with van der Waals surface area (Å²) in [6, 6.07) is 4.72. The maximum atomic E-state index is 13.4. The number of aromatic nitrogens is 3. The molecule has 1 unspecified atom stereocenters. The molecule has 3 rings (SSSR count). The summed E-state index contributed by atoms with van der Waals surface area (Å²) in [5.74, 6) is -0.0651. The van der Waals surface area contributed by atoms with E-state index in [2.05, 4.69) is 20.5 Å². The molecule has 0 aliphatic heterocycles. The molecule has 2 aromatic heterocycles. The first-order valence-corrected chi connectivity index (χ1v) is 8.41. The molecule has 0 spiro atoms. The molecular weight excluding hydrogens is 315 g/mol. The van der Waals surface area contributed by atoms with E-state index in [1.807, 2.05) is 13.8 Å². The Morgan fingerprint density at radius 1 is 1.43 bits per heavy atom. The van der Waals surface area contributed by atoms with E-state index in [9.17, 15) is 9.18 Å². The topological polar surface area (TPSA) is 70.7 Å². The van der Waals surface area contributed by atoms with Crippen molar-refractivity contribution < 1.29 is 9.18 Å². The van der Waals surface area contributed by atoms with E-state index in [0.29, 0.717) is 5.03 Å². The lowest BCUT2D eigenvalue weighted by Gasteiger charge is -2.10. The molecule has 0 aliphatic rings. The molecule has 0 radical (unpaired) electrons. The zero-order valence-corrected chi connectivity index (χ0v) is 13.7. The van der Waals surface area contributed by atoms with Crippen molar-refractivity contribution in [2.24, 2.45) is 0 Å². The zero-order valence-electron chi connectivity index (χ0n) is 12.9. The molecule has 0 saturated heterocycles. The molecule has 1 amide bonds. The van der Waals surface area contributed by atoms with Gasteiger partial charge in [-0.2, -0.15) is 5.10 Å². The van der Waals surface area contributed by atoms with Gasteiger partial charge in [0.05, 0.1) is 17.5 Å². The number of rotatable bonds is 5. The summed E-state index contributed by atoms with van der Waals surface area (Å²) in [5.41, 5.74) is 1.60. The van der Waals surface area contributed by atoms with Crippen molar-refractivity contribution in [2.45, 2.75) is 31.3 Å². The van der Waals surface area contributed by atoms with Crippen molar-refractivity contribution in [1.29, 1.82) is 0 Å². The smallest absolute Gasteiger partial charge is 0.230 e. The van der Waals surface area contributed by atoms with E-state index in [-0.39, 0.29) is 23.5 Å². The summed E-state index contributed by atoms with van der Waals surface area (Å²) in [7, 11) is 0. The van der Waals surface area contributed by atoms with Crippen molar-refractivity contribution in [3.8, 4) is 0 Å². The maximum absolute atomic E-state index is 13.4. The number of H-pyrrole nitrogens is 1. The second-order valence-electron chi connectivity index (χ2n) is 5.42. The van der Waals surface area contributed by atoms with Gasteiger partial charge in [-0.1, -0.05) is 18.7 Å².